The van der Waals surface area contributed by atoms with Crippen LogP contribution in [0.5, 0.6) is 0 Å². The lowest BCUT2D eigenvalue weighted by molar-refractivity contribution is -0.151. The number of hydrogen-bond donors (Lipinski definition) is 4. The number of halogens is 1. The highest BCUT2D eigenvalue weighted by Gasteiger charge is 2.55. The predicted molar refractivity (Wildman–Crippen MR) is 126 cm³/mol. The molecule has 0 heterocycles. The lowest BCUT2D eigenvalue weighted by atomic mass is 9.60. The summed E-state index contributed by atoms with van der Waals surface area (Å²) >= 11 is 0. The molecular weight excluding hydrogens is 423 g/mol. The van der Waals surface area contributed by atoms with Crippen molar-refractivity contribution in [1.82, 2.24) is 0 Å². The molecular formula is C27H41FO5. The minimum absolute atomic E-state index is 0.213. The van der Waals surface area contributed by atoms with Crippen molar-refractivity contribution in [3.63, 3.8) is 0 Å². The summed E-state index contributed by atoms with van der Waals surface area (Å²) in [5.41, 5.74) is -0.875. The van der Waals surface area contributed by atoms with E-state index in [-0.39, 0.29) is 17.3 Å². The number of allylic oxidation sites excluding steroid dienone is 4. The Labute approximate surface area is 197 Å². The molecule has 0 aliphatic heterocycles. The molecule has 0 bridgehead atoms. The Balaban J connectivity index is 1.78. The lowest BCUT2D eigenvalue weighted by Gasteiger charge is -2.45. The van der Waals surface area contributed by atoms with E-state index in [1.165, 1.54) is 31.6 Å². The highest BCUT2D eigenvalue weighted by Crippen LogP contribution is 2.61. The fourth-order valence-electron chi connectivity index (χ4n) is 6.46. The second-order valence-electron chi connectivity index (χ2n) is 11.5. The number of aliphatic hydroxyl groups excluding tert-OH is 3. The van der Waals surface area contributed by atoms with Crippen molar-refractivity contribution >= 4 is 5.97 Å². The predicted octanol–water partition coefficient (Wildman–Crippen LogP) is 4.72. The van der Waals surface area contributed by atoms with Crippen LogP contribution in [-0.4, -0.2) is 50.4 Å². The van der Waals surface area contributed by atoms with Gasteiger partial charge in [0.1, 0.15) is 5.67 Å². The Hall–Kier alpha value is -1.50. The molecule has 0 radical (unpaired) electrons. The van der Waals surface area contributed by atoms with Crippen molar-refractivity contribution in [1.29, 1.82) is 0 Å². The Bertz CT molecular complexity index is 814. The number of carboxylic acid groups (broad SMARTS) is 1. The standard InChI is InChI=1S/C27H41FO5/c1-25(2,24(32)33)23(31)11-13-27(4,28)22-10-9-21-18(6-5-12-26(21,22)3)8-7-17-14-19(29)16-20(30)15-17/h7-8,11,13,19-23,29-31H,5-6,9-10,12,14-16H2,1-4H3,(H,32,33)/b13-11+,18-8+/t19-,20-,21+,22+,23-,26+,27-/m1/s1. The van der Waals surface area contributed by atoms with Crippen molar-refractivity contribution in [2.24, 2.45) is 22.7 Å². The van der Waals surface area contributed by atoms with E-state index < -0.39 is 35.4 Å². The summed E-state index contributed by atoms with van der Waals surface area (Å²) in [7, 11) is 0. The molecule has 3 saturated carbocycles. The van der Waals surface area contributed by atoms with Gasteiger partial charge in [-0.25, -0.2) is 4.39 Å². The number of fused-ring (bicyclic) bond motifs is 1. The minimum Gasteiger partial charge on any atom is -0.481 e. The van der Waals surface area contributed by atoms with Gasteiger partial charge in [0.2, 0.25) is 0 Å². The molecule has 5 nitrogen and oxygen atoms in total. The molecule has 4 N–H and O–H groups in total. The van der Waals surface area contributed by atoms with Crippen LogP contribution in [0, 0.1) is 22.7 Å². The summed E-state index contributed by atoms with van der Waals surface area (Å²) in [6, 6.07) is 0. The zero-order chi connectivity index (χ0) is 24.6. The quantitative estimate of drug-likeness (QED) is 0.427. The van der Waals surface area contributed by atoms with Crippen LogP contribution in [0.1, 0.15) is 79.1 Å². The van der Waals surface area contributed by atoms with Crippen molar-refractivity contribution in [2.75, 3.05) is 0 Å². The molecule has 0 aromatic carbocycles. The molecule has 3 rings (SSSR count). The third kappa shape index (κ3) is 5.44. The molecule has 0 aromatic heterocycles. The molecule has 7 atom stereocenters. The van der Waals surface area contributed by atoms with E-state index in [0.717, 1.165) is 37.7 Å². The maximum Gasteiger partial charge on any atom is 0.312 e. The lowest BCUT2D eigenvalue weighted by Crippen LogP contribution is -2.42. The van der Waals surface area contributed by atoms with Crippen LogP contribution in [0.4, 0.5) is 4.39 Å². The number of aliphatic hydroxyl groups is 3. The third-order valence-electron chi connectivity index (χ3n) is 8.61. The number of rotatable bonds is 6. The molecule has 3 fully saturated rings. The van der Waals surface area contributed by atoms with E-state index in [1.54, 1.807) is 6.92 Å². The summed E-state index contributed by atoms with van der Waals surface area (Å²) in [6.45, 7) is 6.59. The van der Waals surface area contributed by atoms with E-state index in [9.17, 15) is 25.2 Å². The molecule has 33 heavy (non-hydrogen) atoms. The number of aliphatic carboxylic acids is 1. The molecule has 0 unspecified atom stereocenters. The van der Waals surface area contributed by atoms with Gasteiger partial charge < -0.3 is 20.4 Å². The van der Waals surface area contributed by atoms with Gasteiger partial charge in [0.25, 0.3) is 0 Å². The summed E-state index contributed by atoms with van der Waals surface area (Å²) < 4.78 is 16.0. The highest BCUT2D eigenvalue weighted by atomic mass is 19.1. The molecule has 0 saturated heterocycles. The van der Waals surface area contributed by atoms with Gasteiger partial charge in [0.05, 0.1) is 23.7 Å². The normalized spacial score (nSPS) is 37.1. The topological polar surface area (TPSA) is 98.0 Å². The minimum atomic E-state index is -1.66. The first-order valence-corrected chi connectivity index (χ1v) is 12.3. The van der Waals surface area contributed by atoms with Crippen LogP contribution in [0.2, 0.25) is 0 Å². The zero-order valence-electron chi connectivity index (χ0n) is 20.4. The van der Waals surface area contributed by atoms with Gasteiger partial charge in [-0.1, -0.05) is 36.3 Å². The van der Waals surface area contributed by atoms with Crippen LogP contribution < -0.4 is 0 Å². The van der Waals surface area contributed by atoms with E-state index in [0.29, 0.717) is 19.3 Å². The van der Waals surface area contributed by atoms with Crippen LogP contribution in [0.15, 0.2) is 35.5 Å². The van der Waals surface area contributed by atoms with Crippen molar-refractivity contribution < 1.29 is 29.6 Å². The summed E-state index contributed by atoms with van der Waals surface area (Å²) in [6.07, 6.45) is 10.8. The molecule has 0 spiro atoms. The Morgan fingerprint density at radius 3 is 2.39 bits per heavy atom. The van der Waals surface area contributed by atoms with Crippen LogP contribution in [0.25, 0.3) is 0 Å². The van der Waals surface area contributed by atoms with E-state index in [2.05, 4.69) is 19.1 Å². The fourth-order valence-corrected chi connectivity index (χ4v) is 6.46. The van der Waals surface area contributed by atoms with Crippen molar-refractivity contribution in [3.8, 4) is 0 Å². The average molecular weight is 465 g/mol. The van der Waals surface area contributed by atoms with Gasteiger partial charge in [-0.05, 0) is 89.5 Å². The van der Waals surface area contributed by atoms with Crippen LogP contribution in [0.3, 0.4) is 0 Å². The highest BCUT2D eigenvalue weighted by molar-refractivity contribution is 5.74. The number of alkyl halides is 1. The van der Waals surface area contributed by atoms with Gasteiger partial charge >= 0.3 is 5.97 Å². The molecule has 3 aliphatic rings. The van der Waals surface area contributed by atoms with Crippen LogP contribution in [-0.2, 0) is 4.79 Å². The zero-order valence-corrected chi connectivity index (χ0v) is 20.4. The number of carbonyl (C=O) groups is 1. The van der Waals surface area contributed by atoms with E-state index in [1.807, 2.05) is 0 Å². The first-order valence-electron chi connectivity index (χ1n) is 12.3. The Morgan fingerprint density at radius 2 is 1.79 bits per heavy atom. The fraction of sp³-hybridized carbons (Fsp3) is 0.741. The largest absolute Gasteiger partial charge is 0.481 e. The maximum atomic E-state index is 16.0. The molecule has 0 aromatic rings. The van der Waals surface area contributed by atoms with Crippen molar-refractivity contribution in [3.05, 3.63) is 35.5 Å². The van der Waals surface area contributed by atoms with Crippen LogP contribution >= 0.6 is 0 Å². The van der Waals surface area contributed by atoms with Gasteiger partial charge in [0.15, 0.2) is 0 Å². The molecule has 186 valence electrons. The molecule has 3 aliphatic carbocycles. The summed E-state index contributed by atoms with van der Waals surface area (Å²) in [5, 5.41) is 39.6. The van der Waals surface area contributed by atoms with Gasteiger partial charge in [-0.3, -0.25) is 4.79 Å². The second kappa shape index (κ2) is 9.63. The monoisotopic (exact) mass is 464 g/mol. The van der Waals surface area contributed by atoms with E-state index in [4.69, 9.17) is 0 Å². The average Bonchev–Trinajstić information content (AvgIpc) is 3.08. The summed E-state index contributed by atoms with van der Waals surface area (Å²) in [5.74, 6) is -1.07. The molecule has 6 heteroatoms. The number of hydrogen-bond acceptors (Lipinski definition) is 4. The SMILES string of the molecule is CC(C)(C(=O)O)[C@H](O)/C=C/[C@@](C)(F)[C@H]1CC[C@H]2/C(=C/C=C3C[C@@H](O)C[C@H](O)C3)CCC[C@@]21C. The van der Waals surface area contributed by atoms with E-state index >= 15 is 4.39 Å². The first-order chi connectivity index (χ1) is 15.3. The van der Waals surface area contributed by atoms with Crippen molar-refractivity contribution in [2.45, 2.75) is 103 Å². The smallest absolute Gasteiger partial charge is 0.312 e. The first kappa shape index (κ1) is 26.1. The van der Waals surface area contributed by atoms with Gasteiger partial charge in [0, 0.05) is 5.92 Å². The number of carboxylic acids is 1. The second-order valence-corrected chi connectivity index (χ2v) is 11.5. The van der Waals surface area contributed by atoms with Gasteiger partial charge in [-0.2, -0.15) is 0 Å². The summed E-state index contributed by atoms with van der Waals surface area (Å²) in [4.78, 5) is 11.4. The van der Waals surface area contributed by atoms with Gasteiger partial charge in [-0.15, -0.1) is 0 Å². The maximum absolute atomic E-state index is 16.0. The third-order valence-corrected chi connectivity index (χ3v) is 8.61. The Morgan fingerprint density at radius 1 is 1.15 bits per heavy atom. The Kier molecular flexibility index (Phi) is 7.62. The molecule has 0 amide bonds.